The van der Waals surface area contributed by atoms with E-state index in [9.17, 15) is 9.00 Å². The Bertz CT molecular complexity index is 638. The van der Waals surface area contributed by atoms with Crippen LogP contribution in [0.25, 0.3) is 0 Å². The van der Waals surface area contributed by atoms with E-state index in [4.69, 9.17) is 4.74 Å². The molecule has 0 N–H and O–H groups in total. The van der Waals surface area contributed by atoms with E-state index in [1.165, 1.54) is 20.2 Å². The van der Waals surface area contributed by atoms with E-state index < -0.39 is 10.8 Å². The summed E-state index contributed by atoms with van der Waals surface area (Å²) in [6.07, 6.45) is 0. The molecular weight excluding hydrogens is 252 g/mol. The molecule has 1 atom stereocenters. The van der Waals surface area contributed by atoms with Crippen molar-refractivity contribution >= 4 is 10.8 Å². The molecule has 1 unspecified atom stereocenters. The van der Waals surface area contributed by atoms with E-state index in [2.05, 4.69) is 5.10 Å². The molecule has 6 heteroatoms. The van der Waals surface area contributed by atoms with Gasteiger partial charge in [0.2, 0.25) is 5.88 Å². The molecule has 0 saturated carbocycles. The Morgan fingerprint density at radius 2 is 1.94 bits per heavy atom. The highest BCUT2D eigenvalue weighted by Crippen LogP contribution is 2.21. The van der Waals surface area contributed by atoms with Gasteiger partial charge in [-0.25, -0.2) is 8.89 Å². The molecule has 0 spiro atoms. The lowest BCUT2D eigenvalue weighted by Crippen LogP contribution is -2.20. The van der Waals surface area contributed by atoms with Crippen molar-refractivity contribution in [3.05, 3.63) is 46.8 Å². The summed E-state index contributed by atoms with van der Waals surface area (Å²) in [5.74, 6) is 0.194. The lowest BCUT2D eigenvalue weighted by molar-refractivity contribution is 0.369. The lowest BCUT2D eigenvalue weighted by atomic mass is 10.4. The SMILES string of the molecule is COc1nn(C)c(=O)cc1S(=O)c1ccccc1. The standard InChI is InChI=1S/C12H12N2O3S/c1-14-11(15)8-10(12(13-14)17-2)18(16)9-6-4-3-5-7-9/h3-8H,1-2H3. The summed E-state index contributed by atoms with van der Waals surface area (Å²) < 4.78 is 18.5. The maximum atomic E-state index is 12.3. The zero-order valence-electron chi connectivity index (χ0n) is 9.99. The van der Waals surface area contributed by atoms with Crippen LogP contribution in [0.15, 0.2) is 51.0 Å². The summed E-state index contributed by atoms with van der Waals surface area (Å²) in [4.78, 5) is 12.4. The first-order chi connectivity index (χ1) is 8.63. The van der Waals surface area contributed by atoms with Crippen molar-refractivity contribution < 1.29 is 8.95 Å². The van der Waals surface area contributed by atoms with Crippen molar-refractivity contribution in [1.29, 1.82) is 0 Å². The molecule has 0 aliphatic carbocycles. The van der Waals surface area contributed by atoms with Gasteiger partial charge >= 0.3 is 0 Å². The van der Waals surface area contributed by atoms with Gasteiger partial charge in [-0.15, -0.1) is 5.10 Å². The first-order valence-corrected chi connectivity index (χ1v) is 6.37. The van der Waals surface area contributed by atoms with Gasteiger partial charge in [-0.1, -0.05) is 18.2 Å². The van der Waals surface area contributed by atoms with E-state index in [1.54, 1.807) is 24.3 Å². The highest BCUT2D eigenvalue weighted by molar-refractivity contribution is 7.85. The zero-order valence-corrected chi connectivity index (χ0v) is 10.8. The second-order valence-corrected chi connectivity index (χ2v) is 5.01. The third kappa shape index (κ3) is 2.33. The van der Waals surface area contributed by atoms with Crippen LogP contribution in [0.3, 0.4) is 0 Å². The lowest BCUT2D eigenvalue weighted by Gasteiger charge is -2.08. The fourth-order valence-electron chi connectivity index (χ4n) is 1.45. The maximum Gasteiger partial charge on any atom is 0.267 e. The second-order valence-electron chi connectivity index (χ2n) is 3.56. The van der Waals surface area contributed by atoms with Gasteiger partial charge in [-0.3, -0.25) is 4.79 Å². The van der Waals surface area contributed by atoms with Crippen LogP contribution in [0.4, 0.5) is 0 Å². The second kappa shape index (κ2) is 5.14. The first kappa shape index (κ1) is 12.5. The van der Waals surface area contributed by atoms with Crippen molar-refractivity contribution in [3.63, 3.8) is 0 Å². The van der Waals surface area contributed by atoms with Crippen LogP contribution < -0.4 is 10.3 Å². The largest absolute Gasteiger partial charge is 0.479 e. The molecule has 2 rings (SSSR count). The Kier molecular flexibility index (Phi) is 3.57. The van der Waals surface area contributed by atoms with E-state index >= 15 is 0 Å². The summed E-state index contributed by atoms with van der Waals surface area (Å²) >= 11 is 0. The molecule has 1 aromatic heterocycles. The van der Waals surface area contributed by atoms with Crippen molar-refractivity contribution in [1.82, 2.24) is 9.78 Å². The predicted molar refractivity (Wildman–Crippen MR) is 67.1 cm³/mol. The Labute approximate surface area is 106 Å². The minimum Gasteiger partial charge on any atom is -0.479 e. The Hall–Kier alpha value is -1.95. The number of rotatable bonds is 3. The van der Waals surface area contributed by atoms with Crippen molar-refractivity contribution in [2.45, 2.75) is 9.79 Å². The summed E-state index contributed by atoms with van der Waals surface area (Å²) in [6, 6.07) is 10.2. The van der Waals surface area contributed by atoms with Gasteiger partial charge in [-0.05, 0) is 12.1 Å². The number of hydrogen-bond donors (Lipinski definition) is 0. The molecule has 0 radical (unpaired) electrons. The van der Waals surface area contributed by atoms with E-state index in [1.807, 2.05) is 6.07 Å². The van der Waals surface area contributed by atoms with Crippen LogP contribution in [0, 0.1) is 0 Å². The topological polar surface area (TPSA) is 61.2 Å². The highest BCUT2D eigenvalue weighted by atomic mass is 32.2. The molecule has 0 bridgehead atoms. The molecule has 94 valence electrons. The fraction of sp³-hybridized carbons (Fsp3) is 0.167. The van der Waals surface area contributed by atoms with E-state index in [0.717, 1.165) is 4.68 Å². The smallest absolute Gasteiger partial charge is 0.267 e. The van der Waals surface area contributed by atoms with Crippen LogP contribution in [-0.2, 0) is 17.8 Å². The maximum absolute atomic E-state index is 12.3. The van der Waals surface area contributed by atoms with E-state index in [-0.39, 0.29) is 16.3 Å². The summed E-state index contributed by atoms with van der Waals surface area (Å²) in [5, 5.41) is 3.93. The van der Waals surface area contributed by atoms with Gasteiger partial charge < -0.3 is 4.74 Å². The average molecular weight is 264 g/mol. The summed E-state index contributed by atoms with van der Waals surface area (Å²) in [6.45, 7) is 0. The minimum absolute atomic E-state index is 0.194. The van der Waals surface area contributed by atoms with Crippen LogP contribution in [-0.4, -0.2) is 21.1 Å². The number of methoxy groups -OCH3 is 1. The highest BCUT2D eigenvalue weighted by Gasteiger charge is 2.15. The number of hydrogen-bond acceptors (Lipinski definition) is 4. The van der Waals surface area contributed by atoms with Crippen LogP contribution in [0.2, 0.25) is 0 Å². The molecule has 0 aliphatic heterocycles. The van der Waals surface area contributed by atoms with E-state index in [0.29, 0.717) is 4.90 Å². The van der Waals surface area contributed by atoms with Crippen molar-refractivity contribution in [2.75, 3.05) is 7.11 Å². The van der Waals surface area contributed by atoms with Gasteiger partial charge in [0.15, 0.2) is 0 Å². The Morgan fingerprint density at radius 1 is 1.28 bits per heavy atom. The zero-order chi connectivity index (χ0) is 13.1. The number of nitrogens with zero attached hydrogens (tertiary/aromatic N) is 2. The molecule has 1 aromatic carbocycles. The third-order valence-electron chi connectivity index (χ3n) is 2.38. The molecule has 5 nitrogen and oxygen atoms in total. The monoisotopic (exact) mass is 264 g/mol. The van der Waals surface area contributed by atoms with Crippen LogP contribution in [0.1, 0.15) is 0 Å². The molecule has 2 aromatic rings. The first-order valence-electron chi connectivity index (χ1n) is 5.22. The minimum atomic E-state index is -1.48. The molecule has 18 heavy (non-hydrogen) atoms. The number of ether oxygens (including phenoxy) is 1. The van der Waals surface area contributed by atoms with Gasteiger partial charge in [0.1, 0.15) is 4.90 Å². The fourth-order valence-corrected chi connectivity index (χ4v) is 2.60. The predicted octanol–water partition coefficient (Wildman–Crippen LogP) is 0.956. The van der Waals surface area contributed by atoms with Crippen LogP contribution in [0.5, 0.6) is 5.88 Å². The molecule has 0 saturated heterocycles. The number of benzene rings is 1. The van der Waals surface area contributed by atoms with Gasteiger partial charge in [0, 0.05) is 18.0 Å². The number of aryl methyl sites for hydroxylation is 1. The number of aromatic nitrogens is 2. The normalized spacial score (nSPS) is 12.1. The van der Waals surface area contributed by atoms with Gasteiger partial charge in [0.25, 0.3) is 5.56 Å². The summed E-state index contributed by atoms with van der Waals surface area (Å²) in [7, 11) is 1.47. The molecule has 1 heterocycles. The average Bonchev–Trinajstić information content (AvgIpc) is 2.41. The quantitative estimate of drug-likeness (QED) is 0.828. The van der Waals surface area contributed by atoms with Gasteiger partial charge in [0.05, 0.1) is 17.9 Å². The Balaban J connectivity index is 2.55. The van der Waals surface area contributed by atoms with Crippen molar-refractivity contribution in [2.24, 2.45) is 7.05 Å². The molecule has 0 amide bonds. The van der Waals surface area contributed by atoms with Crippen molar-refractivity contribution in [3.8, 4) is 5.88 Å². The van der Waals surface area contributed by atoms with Crippen LogP contribution >= 0.6 is 0 Å². The molecular formula is C12H12N2O3S. The molecule has 0 fully saturated rings. The molecule has 0 aliphatic rings. The van der Waals surface area contributed by atoms with Gasteiger partial charge in [-0.2, -0.15) is 0 Å². The Morgan fingerprint density at radius 3 is 2.56 bits per heavy atom. The third-order valence-corrected chi connectivity index (χ3v) is 3.77. The summed E-state index contributed by atoms with van der Waals surface area (Å²) in [5.41, 5.74) is -0.324.